The predicted molar refractivity (Wildman–Crippen MR) is 97.5 cm³/mol. The molecule has 1 fully saturated rings. The van der Waals surface area contributed by atoms with E-state index >= 15 is 0 Å². The van der Waals surface area contributed by atoms with E-state index in [1.165, 1.54) is 11.1 Å². The number of benzene rings is 2. The molecule has 2 aromatic carbocycles. The molecule has 0 aromatic heterocycles. The van der Waals surface area contributed by atoms with Crippen LogP contribution in [0.5, 0.6) is 5.75 Å². The first-order valence-corrected chi connectivity index (χ1v) is 8.72. The van der Waals surface area contributed by atoms with Crippen molar-refractivity contribution in [3.8, 4) is 5.75 Å². The highest BCUT2D eigenvalue weighted by Crippen LogP contribution is 2.36. The zero-order valence-electron chi connectivity index (χ0n) is 14.7. The summed E-state index contributed by atoms with van der Waals surface area (Å²) in [5.74, 6) is 0.921. The lowest BCUT2D eigenvalue weighted by Crippen LogP contribution is -2.44. The third-order valence-corrected chi connectivity index (χ3v) is 5.23. The van der Waals surface area contributed by atoms with Gasteiger partial charge in [0.05, 0.1) is 12.7 Å². The second kappa shape index (κ2) is 7.82. The molecule has 0 bridgehead atoms. The molecule has 0 N–H and O–H groups in total. The number of methoxy groups -OCH3 is 2. The molecular weight excluding hydrogens is 298 g/mol. The summed E-state index contributed by atoms with van der Waals surface area (Å²) in [6.07, 6.45) is 3.18. The fourth-order valence-electron chi connectivity index (χ4n) is 3.57. The zero-order valence-corrected chi connectivity index (χ0v) is 14.7. The molecule has 1 aliphatic heterocycles. The Morgan fingerprint density at radius 3 is 2.17 bits per heavy atom. The quantitative estimate of drug-likeness (QED) is 0.804. The van der Waals surface area contributed by atoms with Crippen LogP contribution < -0.4 is 4.74 Å². The lowest BCUT2D eigenvalue weighted by molar-refractivity contribution is -0.0622. The van der Waals surface area contributed by atoms with Gasteiger partial charge in [0.2, 0.25) is 0 Å². The highest BCUT2D eigenvalue weighted by molar-refractivity contribution is 5.27. The molecule has 128 valence electrons. The minimum absolute atomic E-state index is 0.113. The van der Waals surface area contributed by atoms with Crippen LogP contribution in [-0.2, 0) is 16.8 Å². The number of hydrogen-bond acceptors (Lipinski definition) is 3. The molecule has 0 unspecified atom stereocenters. The number of nitrogens with zero attached hydrogens (tertiary/aromatic N) is 1. The maximum Gasteiger partial charge on any atom is 0.118 e. The van der Waals surface area contributed by atoms with E-state index in [0.717, 1.165) is 44.6 Å². The molecule has 0 atom stereocenters. The summed E-state index contributed by atoms with van der Waals surface area (Å²) in [6.45, 7) is 3.26. The maximum atomic E-state index is 5.96. The Morgan fingerprint density at radius 1 is 0.917 bits per heavy atom. The molecule has 1 heterocycles. The topological polar surface area (TPSA) is 21.7 Å². The first-order chi connectivity index (χ1) is 11.8. The molecule has 3 nitrogen and oxygen atoms in total. The zero-order chi connectivity index (χ0) is 16.8. The molecule has 1 saturated heterocycles. The van der Waals surface area contributed by atoms with E-state index in [1.807, 2.05) is 19.2 Å². The van der Waals surface area contributed by atoms with Crippen molar-refractivity contribution in [2.45, 2.75) is 24.9 Å². The molecule has 0 amide bonds. The lowest BCUT2D eigenvalue weighted by Gasteiger charge is -2.41. The van der Waals surface area contributed by atoms with Crippen molar-refractivity contribution in [3.63, 3.8) is 0 Å². The highest BCUT2D eigenvalue weighted by atomic mass is 16.5. The van der Waals surface area contributed by atoms with E-state index in [0.29, 0.717) is 0 Å². The molecule has 0 radical (unpaired) electrons. The van der Waals surface area contributed by atoms with Gasteiger partial charge in [-0.05, 0) is 42.5 Å². The van der Waals surface area contributed by atoms with Crippen molar-refractivity contribution >= 4 is 0 Å². The van der Waals surface area contributed by atoms with Crippen molar-refractivity contribution in [2.24, 2.45) is 0 Å². The average Bonchev–Trinajstić information content (AvgIpc) is 2.68. The first kappa shape index (κ1) is 17.0. The highest BCUT2D eigenvalue weighted by Gasteiger charge is 2.35. The molecule has 3 heteroatoms. The van der Waals surface area contributed by atoms with Crippen LogP contribution in [0.1, 0.15) is 24.0 Å². The molecule has 0 saturated carbocycles. The molecular formula is C21H27NO2. The Kier molecular flexibility index (Phi) is 5.54. The van der Waals surface area contributed by atoms with Crippen LogP contribution in [0.4, 0.5) is 0 Å². The number of hydrogen-bond donors (Lipinski definition) is 0. The molecule has 1 aliphatic rings. The van der Waals surface area contributed by atoms with E-state index in [9.17, 15) is 0 Å². The monoisotopic (exact) mass is 325 g/mol. The van der Waals surface area contributed by atoms with Gasteiger partial charge in [-0.25, -0.2) is 0 Å². The van der Waals surface area contributed by atoms with E-state index in [4.69, 9.17) is 9.47 Å². The van der Waals surface area contributed by atoms with Gasteiger partial charge in [0.1, 0.15) is 5.75 Å². The van der Waals surface area contributed by atoms with E-state index in [-0.39, 0.29) is 5.60 Å². The molecule has 0 aliphatic carbocycles. The molecule has 24 heavy (non-hydrogen) atoms. The fourth-order valence-corrected chi connectivity index (χ4v) is 3.57. The van der Waals surface area contributed by atoms with E-state index in [2.05, 4.69) is 47.4 Å². The van der Waals surface area contributed by atoms with Crippen LogP contribution >= 0.6 is 0 Å². The van der Waals surface area contributed by atoms with Crippen LogP contribution in [0.2, 0.25) is 0 Å². The Morgan fingerprint density at radius 2 is 1.58 bits per heavy atom. The summed E-state index contributed by atoms with van der Waals surface area (Å²) in [7, 11) is 3.55. The predicted octanol–water partition coefficient (Wildman–Crippen LogP) is 3.88. The molecule has 0 spiro atoms. The number of piperidine rings is 1. The normalized spacial score (nSPS) is 17.6. The van der Waals surface area contributed by atoms with Gasteiger partial charge in [-0.1, -0.05) is 42.5 Å². The summed E-state index contributed by atoms with van der Waals surface area (Å²) < 4.78 is 11.2. The second-order valence-corrected chi connectivity index (χ2v) is 6.50. The van der Waals surface area contributed by atoms with Crippen LogP contribution in [0.25, 0.3) is 0 Å². The Bertz CT molecular complexity index is 616. The van der Waals surface area contributed by atoms with Crippen molar-refractivity contribution in [1.82, 2.24) is 4.90 Å². The molecule has 3 rings (SSSR count). The third-order valence-electron chi connectivity index (χ3n) is 5.23. The summed E-state index contributed by atoms with van der Waals surface area (Å²) in [6, 6.07) is 19.0. The summed E-state index contributed by atoms with van der Waals surface area (Å²) in [4.78, 5) is 2.55. The fraction of sp³-hybridized carbons (Fsp3) is 0.429. The Labute approximate surface area is 145 Å². The molecule has 2 aromatic rings. The van der Waals surface area contributed by atoms with Gasteiger partial charge < -0.3 is 14.4 Å². The van der Waals surface area contributed by atoms with Gasteiger partial charge in [-0.3, -0.25) is 0 Å². The second-order valence-electron chi connectivity index (χ2n) is 6.50. The van der Waals surface area contributed by atoms with Crippen LogP contribution in [-0.4, -0.2) is 38.8 Å². The van der Waals surface area contributed by atoms with Crippen LogP contribution in [0, 0.1) is 0 Å². The third kappa shape index (κ3) is 3.80. The standard InChI is InChI=1S/C21H27NO2/c1-23-20-10-8-18(9-11-20)12-15-22-16-13-21(24-2,14-17-22)19-6-4-3-5-7-19/h3-11H,12-17H2,1-2H3. The maximum absolute atomic E-state index is 5.96. The van der Waals surface area contributed by atoms with Gasteiger partial charge >= 0.3 is 0 Å². The SMILES string of the molecule is COc1ccc(CCN2CCC(OC)(c3ccccc3)CC2)cc1. The summed E-state index contributed by atoms with van der Waals surface area (Å²) in [5.41, 5.74) is 2.56. The van der Waals surface area contributed by atoms with Crippen LogP contribution in [0.15, 0.2) is 54.6 Å². The summed E-state index contributed by atoms with van der Waals surface area (Å²) >= 11 is 0. The minimum atomic E-state index is -0.113. The Hall–Kier alpha value is -1.84. The Balaban J connectivity index is 1.54. The number of likely N-dealkylation sites (tertiary alicyclic amines) is 1. The van der Waals surface area contributed by atoms with E-state index in [1.54, 1.807) is 7.11 Å². The van der Waals surface area contributed by atoms with Gasteiger partial charge in [-0.2, -0.15) is 0 Å². The largest absolute Gasteiger partial charge is 0.497 e. The van der Waals surface area contributed by atoms with Crippen LogP contribution in [0.3, 0.4) is 0 Å². The summed E-state index contributed by atoms with van der Waals surface area (Å²) in [5, 5.41) is 0. The smallest absolute Gasteiger partial charge is 0.118 e. The van der Waals surface area contributed by atoms with Gasteiger partial charge in [0.25, 0.3) is 0 Å². The lowest BCUT2D eigenvalue weighted by atomic mass is 9.84. The average molecular weight is 325 g/mol. The number of ether oxygens (including phenoxy) is 2. The van der Waals surface area contributed by atoms with Gasteiger partial charge in [-0.15, -0.1) is 0 Å². The minimum Gasteiger partial charge on any atom is -0.497 e. The van der Waals surface area contributed by atoms with Gasteiger partial charge in [0.15, 0.2) is 0 Å². The van der Waals surface area contributed by atoms with E-state index < -0.39 is 0 Å². The van der Waals surface area contributed by atoms with Crippen molar-refractivity contribution in [2.75, 3.05) is 33.9 Å². The van der Waals surface area contributed by atoms with Crippen molar-refractivity contribution < 1.29 is 9.47 Å². The first-order valence-electron chi connectivity index (χ1n) is 8.72. The number of rotatable bonds is 6. The van der Waals surface area contributed by atoms with Gasteiger partial charge in [0, 0.05) is 26.7 Å². The van der Waals surface area contributed by atoms with Crippen molar-refractivity contribution in [3.05, 3.63) is 65.7 Å². The van der Waals surface area contributed by atoms with Crippen molar-refractivity contribution in [1.29, 1.82) is 0 Å².